The molecule has 3 aromatic heterocycles. The number of hydrogen-bond acceptors (Lipinski definition) is 9. The number of nitrogens with one attached hydrogen (secondary N) is 1. The maximum absolute atomic E-state index is 14.8. The summed E-state index contributed by atoms with van der Waals surface area (Å²) in [5.41, 5.74) is 4.77. The van der Waals surface area contributed by atoms with Crippen molar-refractivity contribution in [2.45, 2.75) is 50.7 Å². The lowest BCUT2D eigenvalue weighted by atomic mass is 10.0. The second-order valence-corrected chi connectivity index (χ2v) is 14.9. The number of amides is 3. The van der Waals surface area contributed by atoms with Gasteiger partial charge < -0.3 is 9.80 Å². The van der Waals surface area contributed by atoms with Gasteiger partial charge >= 0.3 is 6.03 Å². The second kappa shape index (κ2) is 15.0. The zero-order valence-corrected chi connectivity index (χ0v) is 30.7. The molecule has 2 aromatic carbocycles. The van der Waals surface area contributed by atoms with Gasteiger partial charge in [0.05, 0.1) is 23.5 Å². The first-order chi connectivity index (χ1) is 26.9. The van der Waals surface area contributed by atoms with Crippen LogP contribution in [0, 0.1) is 11.6 Å². The maximum Gasteiger partial charge on any atom is 0.328 e. The maximum atomic E-state index is 14.8. The lowest BCUT2D eigenvalue weighted by molar-refractivity contribution is -0.120. The number of nitrogens with zero attached hydrogens (tertiary/aromatic N) is 9. The molecule has 12 nitrogen and oxygen atoms in total. The normalized spacial score (nSPS) is 20.5. The topological polar surface area (TPSA) is 105 Å². The van der Waals surface area contributed by atoms with Crippen LogP contribution in [0.5, 0.6) is 0 Å². The minimum Gasteiger partial charge on any atom is -0.354 e. The van der Waals surface area contributed by atoms with E-state index in [1.165, 1.54) is 6.07 Å². The standard InChI is InChI=1S/C41H44F2N10O2/c42-29-10-11-31(33(43)25-29)36-8-4-16-51(36)38-14-20-53-40(46-38)32(26-44-53)34-6-3-9-37(45-34)50-23-21-49(22-24-50)30-12-17-48(18-13-30)27-28-5-1-2-7-35(28)52-19-15-39(54)47-41(52)55/h1-3,5-7,9-11,14,20,25-26,30,36H,4,8,12-13,15-19,21-24,27H2,(H,47,54,55)/t36-/m1/s1. The van der Waals surface area contributed by atoms with Crippen molar-refractivity contribution in [3.05, 3.63) is 102 Å². The number of aromatic nitrogens is 4. The number of rotatable bonds is 8. The zero-order valence-electron chi connectivity index (χ0n) is 30.7. The highest BCUT2D eigenvalue weighted by atomic mass is 19.1. The summed E-state index contributed by atoms with van der Waals surface area (Å²) in [7, 11) is 0. The first-order valence-corrected chi connectivity index (χ1v) is 19.3. The number of halogens is 2. The van der Waals surface area contributed by atoms with E-state index in [0.717, 1.165) is 118 Å². The lowest BCUT2D eigenvalue weighted by Crippen LogP contribution is -2.53. The van der Waals surface area contributed by atoms with Crippen molar-refractivity contribution in [2.24, 2.45) is 0 Å². The van der Waals surface area contributed by atoms with E-state index in [4.69, 9.17) is 9.97 Å². The molecule has 0 radical (unpaired) electrons. The fourth-order valence-electron chi connectivity index (χ4n) is 8.79. The van der Waals surface area contributed by atoms with E-state index in [1.54, 1.807) is 21.7 Å². The number of piperazine rings is 1. The molecule has 284 valence electrons. The molecule has 0 unspecified atom stereocenters. The van der Waals surface area contributed by atoms with Gasteiger partial charge in [0.15, 0.2) is 5.65 Å². The van der Waals surface area contributed by atoms with Crippen molar-refractivity contribution >= 4 is 34.9 Å². The van der Waals surface area contributed by atoms with E-state index in [0.29, 0.717) is 30.2 Å². The highest BCUT2D eigenvalue weighted by Gasteiger charge is 2.32. The Bertz CT molecular complexity index is 2210. The molecule has 4 aliphatic heterocycles. The van der Waals surface area contributed by atoms with Crippen molar-refractivity contribution in [1.82, 2.24) is 34.7 Å². The number of para-hydroxylation sites is 1. The number of fused-ring (bicyclic) bond motifs is 1. The monoisotopic (exact) mass is 746 g/mol. The number of anilines is 3. The summed E-state index contributed by atoms with van der Waals surface area (Å²) in [4.78, 5) is 45.6. The Kier molecular flexibility index (Phi) is 9.60. The molecule has 3 amide bonds. The number of carbonyl (C=O) groups is 2. The minimum absolute atomic E-state index is 0.220. The van der Waals surface area contributed by atoms with Crippen molar-refractivity contribution in [3.63, 3.8) is 0 Å². The van der Waals surface area contributed by atoms with Crippen LogP contribution in [0.1, 0.15) is 49.3 Å². The van der Waals surface area contributed by atoms with Crippen LogP contribution in [-0.4, -0.2) is 99.7 Å². The van der Waals surface area contributed by atoms with Gasteiger partial charge in [-0.1, -0.05) is 30.3 Å². The quantitative estimate of drug-likeness (QED) is 0.216. The van der Waals surface area contributed by atoms with Crippen molar-refractivity contribution < 1.29 is 18.4 Å². The van der Waals surface area contributed by atoms with Gasteiger partial charge in [0.1, 0.15) is 23.3 Å². The third kappa shape index (κ3) is 7.11. The molecule has 0 spiro atoms. The smallest absolute Gasteiger partial charge is 0.328 e. The Morgan fingerprint density at radius 1 is 0.800 bits per heavy atom. The Hall–Kier alpha value is -5.47. The van der Waals surface area contributed by atoms with Crippen LogP contribution in [-0.2, 0) is 11.3 Å². The predicted molar refractivity (Wildman–Crippen MR) is 206 cm³/mol. The van der Waals surface area contributed by atoms with Crippen LogP contribution in [0.4, 0.5) is 30.9 Å². The molecule has 4 aliphatic rings. The summed E-state index contributed by atoms with van der Waals surface area (Å²) in [5.74, 6) is 0.329. The Morgan fingerprint density at radius 2 is 1.64 bits per heavy atom. The average molecular weight is 747 g/mol. The van der Waals surface area contributed by atoms with Gasteiger partial charge in [0, 0.05) is 81.8 Å². The van der Waals surface area contributed by atoms with Crippen LogP contribution in [0.2, 0.25) is 0 Å². The molecule has 55 heavy (non-hydrogen) atoms. The number of carbonyl (C=O) groups excluding carboxylic acids is 2. The highest BCUT2D eigenvalue weighted by Crippen LogP contribution is 2.37. The molecular weight excluding hydrogens is 703 g/mol. The molecule has 1 atom stereocenters. The molecule has 5 aromatic rings. The molecule has 0 bridgehead atoms. The van der Waals surface area contributed by atoms with E-state index >= 15 is 0 Å². The van der Waals surface area contributed by atoms with E-state index in [-0.39, 0.29) is 18.0 Å². The average Bonchev–Trinajstić information content (AvgIpc) is 3.87. The van der Waals surface area contributed by atoms with Gasteiger partial charge in [0.25, 0.3) is 0 Å². The van der Waals surface area contributed by atoms with Gasteiger partial charge in [-0.05, 0) is 74.7 Å². The van der Waals surface area contributed by atoms with Crippen molar-refractivity contribution in [2.75, 3.05) is 67.1 Å². The molecule has 0 saturated carbocycles. The largest absolute Gasteiger partial charge is 0.354 e. The number of pyridine rings is 1. The minimum atomic E-state index is -0.578. The summed E-state index contributed by atoms with van der Waals surface area (Å²) >= 11 is 0. The SMILES string of the molecule is O=C1CCN(c2ccccc2CN2CCC(N3CCN(c4cccc(-c5cnn6ccc(N7CCC[C@@H]7c7ccc(F)cc7F)nc56)n4)CC3)CC2)C(=O)N1. The zero-order chi connectivity index (χ0) is 37.5. The molecule has 1 N–H and O–H groups in total. The van der Waals surface area contributed by atoms with Crippen LogP contribution in [0.3, 0.4) is 0 Å². The second-order valence-electron chi connectivity index (χ2n) is 14.9. The Balaban J connectivity index is 0.826. The first-order valence-electron chi connectivity index (χ1n) is 19.3. The van der Waals surface area contributed by atoms with Gasteiger partial charge in [-0.2, -0.15) is 5.10 Å². The molecule has 9 rings (SSSR count). The Morgan fingerprint density at radius 3 is 2.45 bits per heavy atom. The molecular formula is C41H44F2N10O2. The van der Waals surface area contributed by atoms with Crippen molar-refractivity contribution in [1.29, 1.82) is 0 Å². The van der Waals surface area contributed by atoms with Gasteiger partial charge in [-0.25, -0.2) is 28.1 Å². The summed E-state index contributed by atoms with van der Waals surface area (Å²) in [6.45, 7) is 7.59. The molecule has 14 heteroatoms. The Labute approximate surface area is 318 Å². The predicted octanol–water partition coefficient (Wildman–Crippen LogP) is 5.64. The number of piperidine rings is 1. The van der Waals surface area contributed by atoms with E-state index < -0.39 is 11.6 Å². The molecule has 7 heterocycles. The van der Waals surface area contributed by atoms with Crippen LogP contribution in [0.25, 0.3) is 16.9 Å². The third-order valence-electron chi connectivity index (χ3n) is 11.7. The summed E-state index contributed by atoms with van der Waals surface area (Å²) in [5, 5.41) is 7.01. The van der Waals surface area contributed by atoms with Crippen LogP contribution in [0.15, 0.2) is 79.1 Å². The fourth-order valence-corrected chi connectivity index (χ4v) is 8.79. The van der Waals surface area contributed by atoms with Crippen molar-refractivity contribution in [3.8, 4) is 11.3 Å². The third-order valence-corrected chi connectivity index (χ3v) is 11.7. The van der Waals surface area contributed by atoms with Gasteiger partial charge in [0.2, 0.25) is 5.91 Å². The molecule has 4 saturated heterocycles. The van der Waals surface area contributed by atoms with Gasteiger partial charge in [-0.15, -0.1) is 0 Å². The van der Waals surface area contributed by atoms with Gasteiger partial charge in [-0.3, -0.25) is 24.8 Å². The van der Waals surface area contributed by atoms with E-state index in [2.05, 4.69) is 42.1 Å². The van der Waals surface area contributed by atoms with E-state index in [1.807, 2.05) is 42.6 Å². The number of benzene rings is 2. The highest BCUT2D eigenvalue weighted by molar-refractivity contribution is 6.05. The number of hydrogen-bond donors (Lipinski definition) is 1. The fraction of sp³-hybridized carbons (Fsp3) is 0.390. The van der Waals surface area contributed by atoms with E-state index in [9.17, 15) is 18.4 Å². The summed E-state index contributed by atoms with van der Waals surface area (Å²) in [6, 6.07) is 19.8. The van der Waals surface area contributed by atoms with Crippen LogP contribution < -0.4 is 20.0 Å². The number of imide groups is 1. The first kappa shape index (κ1) is 35.2. The summed E-state index contributed by atoms with van der Waals surface area (Å²) < 4.78 is 30.2. The molecule has 0 aliphatic carbocycles. The molecule has 4 fully saturated rings. The van der Waals surface area contributed by atoms with Crippen LogP contribution >= 0.6 is 0 Å². The lowest BCUT2D eigenvalue weighted by Gasteiger charge is -2.43. The number of likely N-dealkylation sites (tertiary alicyclic amines) is 1. The summed E-state index contributed by atoms with van der Waals surface area (Å²) in [6.07, 6.45) is 7.83. The number of urea groups is 1.